The van der Waals surface area contributed by atoms with E-state index < -0.39 is 29.1 Å². The summed E-state index contributed by atoms with van der Waals surface area (Å²) in [5.74, 6) is -0.181. The molecule has 0 aliphatic heterocycles. The van der Waals surface area contributed by atoms with Crippen molar-refractivity contribution in [3.8, 4) is 0 Å². The lowest BCUT2D eigenvalue weighted by Crippen LogP contribution is -2.22. The van der Waals surface area contributed by atoms with Crippen LogP contribution in [-0.2, 0) is 0 Å². The van der Waals surface area contributed by atoms with E-state index in [0.29, 0.717) is 0 Å². The summed E-state index contributed by atoms with van der Waals surface area (Å²) in [6.45, 7) is -1.38. The van der Waals surface area contributed by atoms with Crippen molar-refractivity contribution in [1.29, 1.82) is 0 Å². The maximum Gasteiger partial charge on any atom is 0.405 e. The summed E-state index contributed by atoms with van der Waals surface area (Å²) < 4.78 is 35.9. The Balaban J connectivity index is 2.97. The quantitative estimate of drug-likeness (QED) is 0.631. The highest BCUT2D eigenvalue weighted by atomic mass is 19.4. The number of pyridine rings is 1. The smallest absolute Gasteiger partial charge is 0.373 e. The van der Waals surface area contributed by atoms with Crippen LogP contribution in [0.5, 0.6) is 0 Å². The lowest BCUT2D eigenvalue weighted by molar-refractivity contribution is -0.384. The molecule has 0 aliphatic rings. The van der Waals surface area contributed by atoms with Crippen LogP contribution in [-0.4, -0.2) is 29.7 Å². The fourth-order valence-corrected chi connectivity index (χ4v) is 1.05. The summed E-state index contributed by atoms with van der Waals surface area (Å²) in [5.41, 5.74) is -0.506. The Morgan fingerprint density at radius 1 is 1.47 bits per heavy atom. The molecule has 1 rings (SSSR count). The number of hydrogen-bond donors (Lipinski definition) is 2. The summed E-state index contributed by atoms with van der Waals surface area (Å²) in [6.07, 6.45) is -4.47. The number of aromatic nitrogens is 1. The van der Waals surface area contributed by atoms with Crippen molar-refractivity contribution in [2.24, 2.45) is 0 Å². The first-order valence-electron chi connectivity index (χ1n) is 4.47. The third-order valence-corrected chi connectivity index (χ3v) is 1.78. The normalized spacial score (nSPS) is 11.1. The van der Waals surface area contributed by atoms with Crippen molar-refractivity contribution in [1.82, 2.24) is 4.98 Å². The van der Waals surface area contributed by atoms with Gasteiger partial charge in [-0.1, -0.05) is 0 Å². The van der Waals surface area contributed by atoms with Crippen LogP contribution in [0.25, 0.3) is 0 Å². The Labute approximate surface area is 94.0 Å². The van der Waals surface area contributed by atoms with Gasteiger partial charge >= 0.3 is 11.9 Å². The predicted molar refractivity (Wildman–Crippen MR) is 55.0 cm³/mol. The molecule has 1 aromatic heterocycles. The molecule has 0 fully saturated rings. The Kier molecular flexibility index (Phi) is 3.71. The number of nitro groups is 1. The average molecular weight is 250 g/mol. The van der Waals surface area contributed by atoms with Gasteiger partial charge in [0.1, 0.15) is 12.4 Å². The van der Waals surface area contributed by atoms with Gasteiger partial charge in [-0.3, -0.25) is 10.1 Å². The molecule has 17 heavy (non-hydrogen) atoms. The summed E-state index contributed by atoms with van der Waals surface area (Å²) in [7, 11) is 1.50. The topological polar surface area (TPSA) is 80.1 Å². The molecular weight excluding hydrogens is 241 g/mol. The number of nitrogens with zero attached hydrogens (tertiary/aromatic N) is 2. The van der Waals surface area contributed by atoms with Crippen LogP contribution in [0.15, 0.2) is 12.1 Å². The van der Waals surface area contributed by atoms with Crippen LogP contribution < -0.4 is 10.6 Å². The molecule has 0 radical (unpaired) electrons. The lowest BCUT2D eigenvalue weighted by Gasteiger charge is -2.10. The number of alkyl halides is 3. The van der Waals surface area contributed by atoms with E-state index in [4.69, 9.17) is 0 Å². The number of hydrogen-bond acceptors (Lipinski definition) is 5. The van der Waals surface area contributed by atoms with Crippen molar-refractivity contribution >= 4 is 17.3 Å². The number of nitrogens with one attached hydrogen (secondary N) is 2. The summed E-state index contributed by atoms with van der Waals surface area (Å²) in [4.78, 5) is 13.4. The molecule has 1 heterocycles. The standard InChI is InChI=1S/C8H9F3N4O2/c1-12-6-3-2-5(15(16)17)7(14-6)13-4-8(9,10)11/h2-3H,4H2,1H3,(H2,12,13,14). The Morgan fingerprint density at radius 2 is 2.12 bits per heavy atom. The summed E-state index contributed by atoms with van der Waals surface area (Å²) in [5, 5.41) is 15.0. The van der Waals surface area contributed by atoms with Crippen molar-refractivity contribution in [3.63, 3.8) is 0 Å². The highest BCUT2D eigenvalue weighted by Crippen LogP contribution is 2.25. The second-order valence-corrected chi connectivity index (χ2v) is 3.04. The van der Waals surface area contributed by atoms with Gasteiger partial charge in [0.2, 0.25) is 5.82 Å². The third-order valence-electron chi connectivity index (χ3n) is 1.78. The monoisotopic (exact) mass is 250 g/mol. The van der Waals surface area contributed by atoms with Crippen LogP contribution in [0.4, 0.5) is 30.5 Å². The van der Waals surface area contributed by atoms with Gasteiger partial charge in [-0.2, -0.15) is 13.2 Å². The molecule has 94 valence electrons. The number of halogens is 3. The SMILES string of the molecule is CNc1ccc([N+](=O)[O-])c(NCC(F)(F)F)n1. The first-order valence-corrected chi connectivity index (χ1v) is 4.47. The van der Waals surface area contributed by atoms with Gasteiger partial charge in [-0.05, 0) is 6.07 Å². The number of rotatable bonds is 4. The van der Waals surface area contributed by atoms with Crippen molar-refractivity contribution in [2.75, 3.05) is 24.2 Å². The first-order chi connectivity index (χ1) is 7.83. The Bertz CT molecular complexity index is 422. The zero-order valence-corrected chi connectivity index (χ0v) is 8.71. The summed E-state index contributed by atoms with van der Waals surface area (Å²) in [6, 6.07) is 2.38. The van der Waals surface area contributed by atoms with Crippen molar-refractivity contribution in [3.05, 3.63) is 22.2 Å². The second-order valence-electron chi connectivity index (χ2n) is 3.04. The minimum atomic E-state index is -4.47. The number of anilines is 2. The molecule has 2 N–H and O–H groups in total. The molecule has 1 aromatic rings. The first kappa shape index (κ1) is 13.0. The molecule has 0 saturated heterocycles. The molecule has 0 unspecified atom stereocenters. The van der Waals surface area contributed by atoms with Crippen LogP contribution >= 0.6 is 0 Å². The predicted octanol–water partition coefficient (Wildman–Crippen LogP) is 2.01. The van der Waals surface area contributed by atoms with Crippen molar-refractivity contribution < 1.29 is 18.1 Å². The molecule has 0 aromatic carbocycles. The highest BCUT2D eigenvalue weighted by Gasteiger charge is 2.28. The van der Waals surface area contributed by atoms with Gasteiger partial charge < -0.3 is 10.6 Å². The van der Waals surface area contributed by atoms with Crippen LogP contribution in [0.2, 0.25) is 0 Å². The van der Waals surface area contributed by atoms with E-state index in [1.54, 1.807) is 0 Å². The van der Waals surface area contributed by atoms with E-state index in [1.807, 2.05) is 5.32 Å². The molecule has 0 spiro atoms. The van der Waals surface area contributed by atoms with Gasteiger partial charge in [-0.25, -0.2) is 4.98 Å². The van der Waals surface area contributed by atoms with Gasteiger partial charge in [-0.15, -0.1) is 0 Å². The van der Waals surface area contributed by atoms with Gasteiger partial charge in [0, 0.05) is 13.1 Å². The van der Waals surface area contributed by atoms with Gasteiger partial charge in [0.25, 0.3) is 0 Å². The third kappa shape index (κ3) is 3.78. The minimum absolute atomic E-state index is 0.236. The van der Waals surface area contributed by atoms with Gasteiger partial charge in [0.15, 0.2) is 0 Å². The molecule has 0 amide bonds. The Morgan fingerprint density at radius 3 is 2.59 bits per heavy atom. The zero-order valence-electron chi connectivity index (χ0n) is 8.71. The van der Waals surface area contributed by atoms with Crippen LogP contribution in [0, 0.1) is 10.1 Å². The van der Waals surface area contributed by atoms with Crippen LogP contribution in [0.3, 0.4) is 0 Å². The molecule has 0 saturated carbocycles. The Hall–Kier alpha value is -2.06. The lowest BCUT2D eigenvalue weighted by atomic mass is 10.3. The molecule has 6 nitrogen and oxygen atoms in total. The van der Waals surface area contributed by atoms with E-state index in [9.17, 15) is 23.3 Å². The molecule has 0 bridgehead atoms. The van der Waals surface area contributed by atoms with E-state index in [-0.39, 0.29) is 5.82 Å². The molecule has 9 heteroatoms. The fourth-order valence-electron chi connectivity index (χ4n) is 1.05. The molecule has 0 aliphatic carbocycles. The maximum absolute atomic E-state index is 12.0. The highest BCUT2D eigenvalue weighted by molar-refractivity contribution is 5.60. The maximum atomic E-state index is 12.0. The van der Waals surface area contributed by atoms with E-state index in [2.05, 4.69) is 10.3 Å². The van der Waals surface area contributed by atoms with Crippen molar-refractivity contribution in [2.45, 2.75) is 6.18 Å². The average Bonchev–Trinajstić information content (AvgIpc) is 2.24. The van der Waals surface area contributed by atoms with E-state index >= 15 is 0 Å². The zero-order chi connectivity index (χ0) is 13.1. The summed E-state index contributed by atoms with van der Waals surface area (Å²) >= 11 is 0. The molecule has 0 atom stereocenters. The van der Waals surface area contributed by atoms with Crippen LogP contribution in [0.1, 0.15) is 0 Å². The largest absolute Gasteiger partial charge is 0.405 e. The van der Waals surface area contributed by atoms with E-state index in [0.717, 1.165) is 6.07 Å². The minimum Gasteiger partial charge on any atom is -0.373 e. The van der Waals surface area contributed by atoms with Gasteiger partial charge in [0.05, 0.1) is 4.92 Å². The fraction of sp³-hybridized carbons (Fsp3) is 0.375. The second kappa shape index (κ2) is 4.85. The molecular formula is C8H9F3N4O2. The van der Waals surface area contributed by atoms with E-state index in [1.165, 1.54) is 13.1 Å².